The van der Waals surface area contributed by atoms with Gasteiger partial charge in [0.1, 0.15) is 5.82 Å². The summed E-state index contributed by atoms with van der Waals surface area (Å²) in [6.45, 7) is -0.00886. The highest BCUT2D eigenvalue weighted by atomic mass is 32.1. The molecule has 3 rings (SSSR count). The Labute approximate surface area is 126 Å². The van der Waals surface area contributed by atoms with Gasteiger partial charge in [0.2, 0.25) is 5.76 Å². The van der Waals surface area contributed by atoms with Crippen molar-refractivity contribution in [2.45, 2.75) is 6.54 Å². The van der Waals surface area contributed by atoms with Gasteiger partial charge in [0, 0.05) is 12.1 Å². The van der Waals surface area contributed by atoms with Crippen molar-refractivity contribution in [3.8, 4) is 12.3 Å². The van der Waals surface area contributed by atoms with Gasteiger partial charge < -0.3 is 9.09 Å². The van der Waals surface area contributed by atoms with E-state index >= 15 is 0 Å². The molecule has 0 aliphatic rings. The minimum atomic E-state index is -0.768. The molecule has 0 atom stereocenters. The maximum atomic E-state index is 14.0. The van der Waals surface area contributed by atoms with Crippen LogP contribution in [0.5, 0.6) is 0 Å². The Bertz CT molecular complexity index is 965. The molecule has 22 heavy (non-hydrogen) atoms. The van der Waals surface area contributed by atoms with Crippen LogP contribution >= 0.6 is 11.3 Å². The third-order valence-corrected chi connectivity index (χ3v) is 3.82. The number of carbonyl (C=O) groups excluding carboxylic acids is 1. The second-order valence-corrected chi connectivity index (χ2v) is 5.21. The SMILES string of the molecule is C#CCn1c(=NC(=O)c2ccno2)sc2cc(F)cc(F)c21. The number of hydrogen-bond acceptors (Lipinski definition) is 4. The summed E-state index contributed by atoms with van der Waals surface area (Å²) < 4.78 is 33.6. The van der Waals surface area contributed by atoms with Crippen molar-refractivity contribution in [2.75, 3.05) is 0 Å². The van der Waals surface area contributed by atoms with Gasteiger partial charge in [-0.15, -0.1) is 6.42 Å². The van der Waals surface area contributed by atoms with Crippen molar-refractivity contribution in [2.24, 2.45) is 4.99 Å². The van der Waals surface area contributed by atoms with Gasteiger partial charge in [0.15, 0.2) is 10.6 Å². The Morgan fingerprint density at radius 1 is 1.50 bits per heavy atom. The van der Waals surface area contributed by atoms with E-state index < -0.39 is 17.5 Å². The molecule has 8 heteroatoms. The first-order valence-electron chi connectivity index (χ1n) is 6.01. The largest absolute Gasteiger partial charge is 0.351 e. The van der Waals surface area contributed by atoms with Gasteiger partial charge in [-0.3, -0.25) is 4.79 Å². The van der Waals surface area contributed by atoms with Crippen molar-refractivity contribution >= 4 is 27.5 Å². The molecule has 1 amide bonds. The van der Waals surface area contributed by atoms with Gasteiger partial charge in [-0.2, -0.15) is 4.99 Å². The molecule has 5 nitrogen and oxygen atoms in total. The molecule has 0 saturated carbocycles. The van der Waals surface area contributed by atoms with Crippen LogP contribution in [0.3, 0.4) is 0 Å². The van der Waals surface area contributed by atoms with Crippen LogP contribution in [0.2, 0.25) is 0 Å². The highest BCUT2D eigenvalue weighted by Crippen LogP contribution is 2.22. The molecule has 1 aromatic carbocycles. The molecule has 0 fully saturated rings. The molecule has 0 aliphatic carbocycles. The first kappa shape index (κ1) is 14.2. The molecule has 2 heterocycles. The maximum Gasteiger partial charge on any atom is 0.318 e. The van der Waals surface area contributed by atoms with E-state index in [0.29, 0.717) is 4.70 Å². The van der Waals surface area contributed by atoms with E-state index in [9.17, 15) is 13.6 Å². The van der Waals surface area contributed by atoms with Crippen molar-refractivity contribution in [1.29, 1.82) is 0 Å². The molecular formula is C14H7F2N3O2S. The summed E-state index contributed by atoms with van der Waals surface area (Å²) in [7, 11) is 0. The topological polar surface area (TPSA) is 60.4 Å². The van der Waals surface area contributed by atoms with Crippen LogP contribution in [0.25, 0.3) is 10.2 Å². The highest BCUT2D eigenvalue weighted by molar-refractivity contribution is 7.16. The number of rotatable bonds is 2. The number of halogens is 2. The number of aromatic nitrogens is 2. The van der Waals surface area contributed by atoms with E-state index in [2.05, 4.69) is 16.1 Å². The standard InChI is InChI=1S/C14H7F2N3O2S/c1-2-5-19-12-9(16)6-8(15)7-11(12)22-14(19)18-13(20)10-3-4-17-21-10/h1,3-4,6-7H,5H2. The minimum Gasteiger partial charge on any atom is -0.351 e. The molecule has 110 valence electrons. The van der Waals surface area contributed by atoms with Gasteiger partial charge in [-0.25, -0.2) is 8.78 Å². The van der Waals surface area contributed by atoms with Gasteiger partial charge in [-0.05, 0) is 6.07 Å². The highest BCUT2D eigenvalue weighted by Gasteiger charge is 2.14. The summed E-state index contributed by atoms with van der Waals surface area (Å²) >= 11 is 0.956. The molecule has 0 radical (unpaired) electrons. The van der Waals surface area contributed by atoms with Gasteiger partial charge in [0.05, 0.1) is 23.0 Å². The van der Waals surface area contributed by atoms with E-state index in [0.717, 1.165) is 23.5 Å². The van der Waals surface area contributed by atoms with Gasteiger partial charge in [-0.1, -0.05) is 22.4 Å². The number of fused-ring (bicyclic) bond motifs is 1. The fraction of sp³-hybridized carbons (Fsp3) is 0.0714. The molecule has 0 unspecified atom stereocenters. The Kier molecular flexibility index (Phi) is 3.56. The predicted octanol–water partition coefficient (Wildman–Crippen LogP) is 2.34. The minimum absolute atomic E-state index is 0.00886. The first-order valence-corrected chi connectivity index (χ1v) is 6.83. The van der Waals surface area contributed by atoms with Gasteiger partial charge >= 0.3 is 5.91 Å². The number of hydrogen-bond donors (Lipinski definition) is 0. The van der Waals surface area contributed by atoms with Crippen molar-refractivity contribution < 1.29 is 18.1 Å². The smallest absolute Gasteiger partial charge is 0.318 e. The second-order valence-electron chi connectivity index (χ2n) is 4.20. The van der Waals surface area contributed by atoms with Crippen molar-refractivity contribution in [3.05, 3.63) is 46.6 Å². The van der Waals surface area contributed by atoms with Crippen molar-refractivity contribution in [3.63, 3.8) is 0 Å². The van der Waals surface area contributed by atoms with E-state index in [-0.39, 0.29) is 22.6 Å². The summed E-state index contributed by atoms with van der Waals surface area (Å²) in [6.07, 6.45) is 6.57. The van der Waals surface area contributed by atoms with Crippen LogP contribution in [0, 0.1) is 24.0 Å². The summed E-state index contributed by atoms with van der Waals surface area (Å²) in [5.74, 6) is 0.127. The zero-order chi connectivity index (χ0) is 15.7. The Morgan fingerprint density at radius 2 is 2.32 bits per heavy atom. The zero-order valence-corrected chi connectivity index (χ0v) is 11.7. The van der Waals surface area contributed by atoms with Crippen LogP contribution in [0.15, 0.2) is 33.9 Å². The molecule has 2 aromatic heterocycles. The lowest BCUT2D eigenvalue weighted by Gasteiger charge is -2.00. The fourth-order valence-electron chi connectivity index (χ4n) is 1.92. The normalized spacial score (nSPS) is 11.8. The number of benzene rings is 1. The Balaban J connectivity index is 2.25. The first-order chi connectivity index (χ1) is 10.6. The molecule has 0 spiro atoms. The molecule has 0 aliphatic heterocycles. The summed E-state index contributed by atoms with van der Waals surface area (Å²) in [5.41, 5.74) is 0.105. The third kappa shape index (κ3) is 2.42. The van der Waals surface area contributed by atoms with Crippen LogP contribution in [0.4, 0.5) is 8.78 Å². The van der Waals surface area contributed by atoms with Crippen LogP contribution in [0.1, 0.15) is 10.6 Å². The molecule has 3 aromatic rings. The average Bonchev–Trinajstić information content (AvgIpc) is 3.08. The predicted molar refractivity (Wildman–Crippen MR) is 75.0 cm³/mol. The lowest BCUT2D eigenvalue weighted by atomic mass is 10.3. The Hall–Kier alpha value is -2.79. The quantitative estimate of drug-likeness (QED) is 0.681. The third-order valence-electron chi connectivity index (χ3n) is 2.79. The number of carbonyl (C=O) groups is 1. The van der Waals surface area contributed by atoms with E-state index in [4.69, 9.17) is 10.9 Å². The maximum absolute atomic E-state index is 14.0. The van der Waals surface area contributed by atoms with E-state index in [1.165, 1.54) is 16.8 Å². The zero-order valence-electron chi connectivity index (χ0n) is 10.9. The summed E-state index contributed by atoms with van der Waals surface area (Å²) in [5, 5.41) is 3.41. The Morgan fingerprint density at radius 3 is 3.00 bits per heavy atom. The number of amides is 1. The monoisotopic (exact) mass is 319 g/mol. The number of terminal acetylenes is 1. The van der Waals surface area contributed by atoms with Crippen molar-refractivity contribution in [1.82, 2.24) is 9.72 Å². The molecule has 0 bridgehead atoms. The average molecular weight is 319 g/mol. The van der Waals surface area contributed by atoms with Gasteiger partial charge in [0.25, 0.3) is 0 Å². The van der Waals surface area contributed by atoms with Crippen LogP contribution < -0.4 is 4.80 Å². The molecular weight excluding hydrogens is 312 g/mol. The van der Waals surface area contributed by atoms with E-state index in [1.54, 1.807) is 0 Å². The molecule has 0 saturated heterocycles. The summed E-state index contributed by atoms with van der Waals surface area (Å²) in [4.78, 5) is 15.9. The summed E-state index contributed by atoms with van der Waals surface area (Å²) in [6, 6.07) is 3.27. The van der Waals surface area contributed by atoms with Crippen LogP contribution in [-0.2, 0) is 6.54 Å². The number of nitrogens with zero attached hydrogens (tertiary/aromatic N) is 3. The molecule has 0 N–H and O–H groups in total. The lowest BCUT2D eigenvalue weighted by molar-refractivity contribution is 0.0962. The second kappa shape index (κ2) is 5.54. The fourth-order valence-corrected chi connectivity index (χ4v) is 2.99. The van der Waals surface area contributed by atoms with E-state index in [1.807, 2.05) is 0 Å². The lowest BCUT2D eigenvalue weighted by Crippen LogP contribution is -2.16. The number of thiazole rings is 1. The van der Waals surface area contributed by atoms with Crippen LogP contribution in [-0.4, -0.2) is 15.6 Å².